The van der Waals surface area contributed by atoms with Crippen molar-refractivity contribution in [3.05, 3.63) is 12.2 Å². The van der Waals surface area contributed by atoms with Gasteiger partial charge in [0.1, 0.15) is 61.1 Å². The maximum Gasteiger partial charge on any atom is 0.470 e. The standard InChI is InChI=1S/C71H133N2O18P/c1-7-11-15-19-23-27-29-30-33-36-40-44-51-84-59(47-43-39-35-31-25-21-17-13-9-3)50-53-86-69-65(72-57(5)74)71(90-61(54-83-6)67(69)91-92(80,81)82)87-55-60-66(79)68(85-52-45-41-37-32-28-24-20-16-12-8-2)64(70(89-60)88-56-63(77)78)73-62(76)49-48-58(75)46-42-38-34-26-22-18-14-10-4/h27,29,59-61,64-71,79H,7-26,28,30-56H2,1-6H3,(H,72,74)(H,73,76)(H,77,78)(H2,80,81,82)/b29-27-/t59?,60-,61-,64-,65?,66-,67?,68-,69-,70+,71-/m1/s1. The number of aliphatic hydroxyl groups is 1. The Labute approximate surface area is 556 Å². The van der Waals surface area contributed by atoms with Crippen LogP contribution in [0.25, 0.3) is 0 Å². The highest BCUT2D eigenvalue weighted by atomic mass is 31.2. The second-order valence-corrected chi connectivity index (χ2v) is 27.2. The van der Waals surface area contributed by atoms with Gasteiger partial charge in [0.25, 0.3) is 0 Å². The van der Waals surface area contributed by atoms with Crippen LogP contribution >= 0.6 is 7.82 Å². The Morgan fingerprint density at radius 3 is 1.50 bits per heavy atom. The lowest BCUT2D eigenvalue weighted by Gasteiger charge is -2.47. The quantitative estimate of drug-likeness (QED) is 0.0188. The number of allylic oxidation sites excluding steroid dienone is 2. The smallest absolute Gasteiger partial charge is 0.470 e. The van der Waals surface area contributed by atoms with Crippen molar-refractivity contribution in [2.24, 2.45) is 0 Å². The molecule has 2 aliphatic heterocycles. The first kappa shape index (κ1) is 85.7. The molecule has 2 amide bonds. The number of phosphoric acid groups is 1. The second kappa shape index (κ2) is 56.6. The summed E-state index contributed by atoms with van der Waals surface area (Å²) in [5.41, 5.74) is 0. The molecule has 21 heteroatoms. The number of methoxy groups -OCH3 is 1. The van der Waals surface area contributed by atoms with Crippen LogP contribution in [0.1, 0.15) is 304 Å². The number of ketones is 1. The molecule has 0 radical (unpaired) electrons. The zero-order valence-corrected chi connectivity index (χ0v) is 59.3. The van der Waals surface area contributed by atoms with Gasteiger partial charge in [0.05, 0.1) is 19.3 Å². The third kappa shape index (κ3) is 43.0. The largest absolute Gasteiger partial charge is 0.480 e. The van der Waals surface area contributed by atoms with Crippen LogP contribution < -0.4 is 10.6 Å². The third-order valence-electron chi connectivity index (χ3n) is 17.5. The monoisotopic (exact) mass is 1330 g/mol. The molecule has 0 spiro atoms. The molecule has 2 fully saturated rings. The van der Waals surface area contributed by atoms with E-state index in [1.54, 1.807) is 0 Å². The van der Waals surface area contributed by atoms with Crippen LogP contribution in [0.2, 0.25) is 0 Å². The average Bonchev–Trinajstić information content (AvgIpc) is 0.862. The zero-order valence-electron chi connectivity index (χ0n) is 58.4. The Balaban J connectivity index is 2.38. The van der Waals surface area contributed by atoms with E-state index in [-0.39, 0.29) is 44.5 Å². The van der Waals surface area contributed by atoms with E-state index in [4.69, 9.17) is 42.4 Å². The van der Waals surface area contributed by atoms with E-state index in [1.165, 1.54) is 136 Å². The number of nitrogens with one attached hydrogen (secondary N) is 2. The van der Waals surface area contributed by atoms with Crippen LogP contribution in [0.4, 0.5) is 0 Å². The fourth-order valence-electron chi connectivity index (χ4n) is 12.2. The zero-order chi connectivity index (χ0) is 67.3. The molecule has 0 aromatic carbocycles. The van der Waals surface area contributed by atoms with Gasteiger partial charge in [-0.25, -0.2) is 9.36 Å². The number of carboxylic acids is 1. The van der Waals surface area contributed by atoms with Crippen molar-refractivity contribution < 1.29 is 86.2 Å². The molecule has 2 heterocycles. The van der Waals surface area contributed by atoms with Gasteiger partial charge in [0.2, 0.25) is 11.8 Å². The van der Waals surface area contributed by atoms with Gasteiger partial charge in [-0.3, -0.25) is 18.9 Å². The SMILES string of the molecule is CCCCCC/C=C\CCCCCCOC(CCCCCCCCCCC)CCO[C@@H]1C(NC(C)=O)[C@H](OC[C@H]2O[C@H](OCC(=O)O)[C@H](NC(=O)CCC(=O)CCCCCCCCCC)[C@@H](OCCCCCCCCCCCC)[C@@H]2O)O[C@H](COC)C1OP(=O)(O)O. The van der Waals surface area contributed by atoms with E-state index in [2.05, 4.69) is 50.5 Å². The first-order valence-corrected chi connectivity index (χ1v) is 38.4. The Kier molecular flexibility index (Phi) is 52.7. The number of amides is 2. The summed E-state index contributed by atoms with van der Waals surface area (Å²) in [6.07, 6.45) is 36.4. The van der Waals surface area contributed by atoms with E-state index in [9.17, 15) is 43.7 Å². The minimum absolute atomic E-state index is 0.00291. The Bertz CT molecular complexity index is 1900. The maximum absolute atomic E-state index is 13.8. The summed E-state index contributed by atoms with van der Waals surface area (Å²) in [7, 11) is -3.85. The van der Waals surface area contributed by atoms with Crippen LogP contribution in [0.15, 0.2) is 12.2 Å². The van der Waals surface area contributed by atoms with E-state index in [0.29, 0.717) is 25.9 Å². The number of Topliss-reactive ketones (excluding diaryl/α,β-unsaturated/α-hetero) is 1. The van der Waals surface area contributed by atoms with Crippen LogP contribution in [-0.2, 0) is 66.2 Å². The summed E-state index contributed by atoms with van der Waals surface area (Å²) in [5, 5.41) is 27.8. The molecule has 0 saturated carbocycles. The first-order valence-electron chi connectivity index (χ1n) is 36.8. The topological polar surface area (TPSA) is 273 Å². The van der Waals surface area contributed by atoms with Crippen molar-refractivity contribution >= 4 is 31.4 Å². The van der Waals surface area contributed by atoms with Crippen molar-refractivity contribution in [3.8, 4) is 0 Å². The lowest BCUT2D eigenvalue weighted by molar-refractivity contribution is -0.308. The highest BCUT2D eigenvalue weighted by molar-refractivity contribution is 7.46. The summed E-state index contributed by atoms with van der Waals surface area (Å²) >= 11 is 0. The maximum atomic E-state index is 13.8. The summed E-state index contributed by atoms with van der Waals surface area (Å²) in [5.74, 6) is -2.44. The van der Waals surface area contributed by atoms with Gasteiger partial charge in [0, 0.05) is 53.1 Å². The molecule has 6 N–H and O–H groups in total. The number of rotatable bonds is 63. The number of aliphatic hydroxyl groups excluding tert-OH is 1. The predicted octanol–water partition coefficient (Wildman–Crippen LogP) is 14.8. The molecule has 11 atom stereocenters. The minimum atomic E-state index is -5.24. The van der Waals surface area contributed by atoms with Gasteiger partial charge in [-0.2, -0.15) is 0 Å². The van der Waals surface area contributed by atoms with Crippen molar-refractivity contribution in [2.45, 2.75) is 372 Å². The number of carbonyl (C=O) groups excluding carboxylic acids is 3. The highest BCUT2D eigenvalue weighted by Gasteiger charge is 2.52. The molecule has 3 unspecified atom stereocenters. The molecule has 0 bridgehead atoms. The number of aliphatic carboxylic acids is 1. The first-order chi connectivity index (χ1) is 44.6. The molecule has 0 aromatic rings. The lowest BCUT2D eigenvalue weighted by Crippen LogP contribution is -2.67. The van der Waals surface area contributed by atoms with Crippen LogP contribution in [-0.4, -0.2) is 158 Å². The van der Waals surface area contributed by atoms with Crippen molar-refractivity contribution in [1.82, 2.24) is 10.6 Å². The molecular weight excluding hydrogens is 1200 g/mol. The second-order valence-electron chi connectivity index (χ2n) is 26.0. The summed E-state index contributed by atoms with van der Waals surface area (Å²) < 4.78 is 68.3. The van der Waals surface area contributed by atoms with Crippen molar-refractivity contribution in [1.29, 1.82) is 0 Å². The molecule has 2 rings (SSSR count). The van der Waals surface area contributed by atoms with E-state index >= 15 is 0 Å². The molecular formula is C71H133N2O18P. The van der Waals surface area contributed by atoms with E-state index < -0.39 is 100 Å². The molecule has 540 valence electrons. The highest BCUT2D eigenvalue weighted by Crippen LogP contribution is 2.43. The van der Waals surface area contributed by atoms with Gasteiger partial charge >= 0.3 is 13.8 Å². The van der Waals surface area contributed by atoms with Gasteiger partial charge in [-0.1, -0.05) is 232 Å². The van der Waals surface area contributed by atoms with E-state index in [0.717, 1.165) is 116 Å². The van der Waals surface area contributed by atoms with Gasteiger partial charge in [-0.15, -0.1) is 0 Å². The fourth-order valence-corrected chi connectivity index (χ4v) is 12.8. The normalized spacial score (nSPS) is 22.3. The van der Waals surface area contributed by atoms with Crippen LogP contribution in [0.5, 0.6) is 0 Å². The number of hydrogen-bond donors (Lipinski definition) is 6. The summed E-state index contributed by atoms with van der Waals surface area (Å²) in [4.78, 5) is 72.6. The molecule has 0 aliphatic carbocycles. The Morgan fingerprint density at radius 2 is 0.967 bits per heavy atom. The molecule has 92 heavy (non-hydrogen) atoms. The van der Waals surface area contributed by atoms with Crippen molar-refractivity contribution in [2.75, 3.05) is 46.8 Å². The molecule has 2 saturated heterocycles. The van der Waals surface area contributed by atoms with Gasteiger partial charge in [0.15, 0.2) is 12.6 Å². The summed E-state index contributed by atoms with van der Waals surface area (Å²) in [6, 6.07) is -2.49. The Hall–Kier alpha value is -2.43. The number of carboxylic acid groups (broad SMARTS) is 1. The third-order valence-corrected chi connectivity index (χ3v) is 18.1. The lowest BCUT2D eigenvalue weighted by atomic mass is 9.95. The average molecular weight is 1330 g/mol. The number of unbranched alkanes of at least 4 members (excludes halogenated alkanes) is 32. The fraction of sp³-hybridized carbons (Fsp3) is 0.915. The molecule has 20 nitrogen and oxygen atoms in total. The molecule has 2 aliphatic rings. The van der Waals surface area contributed by atoms with E-state index in [1.807, 2.05) is 0 Å². The summed E-state index contributed by atoms with van der Waals surface area (Å²) in [6.45, 7) is 9.35. The number of carbonyl (C=O) groups is 4. The Morgan fingerprint density at radius 1 is 0.500 bits per heavy atom. The van der Waals surface area contributed by atoms with Gasteiger partial charge < -0.3 is 68.5 Å². The molecule has 0 aromatic heterocycles. The van der Waals surface area contributed by atoms with Crippen LogP contribution in [0, 0.1) is 0 Å². The number of hydrogen-bond acceptors (Lipinski definition) is 15. The van der Waals surface area contributed by atoms with Crippen molar-refractivity contribution in [3.63, 3.8) is 0 Å². The van der Waals surface area contributed by atoms with Gasteiger partial charge in [-0.05, 0) is 57.8 Å². The minimum Gasteiger partial charge on any atom is -0.480 e. The number of phosphoric ester groups is 1. The number of ether oxygens (including phenoxy) is 8. The predicted molar refractivity (Wildman–Crippen MR) is 361 cm³/mol. The van der Waals surface area contributed by atoms with Crippen LogP contribution in [0.3, 0.4) is 0 Å².